The molecule has 2 aromatic carbocycles. The Hall–Kier alpha value is -3.07. The number of ether oxygens (including phenoxy) is 1. The van der Waals surface area contributed by atoms with Crippen LogP contribution in [-0.2, 0) is 26.2 Å². The van der Waals surface area contributed by atoms with E-state index in [1.165, 1.54) is 16.3 Å². The van der Waals surface area contributed by atoms with Gasteiger partial charge in [-0.2, -0.15) is 0 Å². The van der Waals surface area contributed by atoms with Gasteiger partial charge in [0.2, 0.25) is 21.8 Å². The van der Waals surface area contributed by atoms with Crippen LogP contribution >= 0.6 is 0 Å². The Morgan fingerprint density at radius 1 is 1.12 bits per heavy atom. The molecule has 2 amide bonds. The summed E-state index contributed by atoms with van der Waals surface area (Å²) >= 11 is 0. The van der Waals surface area contributed by atoms with Gasteiger partial charge in [0.05, 0.1) is 18.6 Å². The van der Waals surface area contributed by atoms with E-state index in [4.69, 9.17) is 4.74 Å². The third-order valence-corrected chi connectivity index (χ3v) is 6.62. The molecule has 0 radical (unpaired) electrons. The number of benzene rings is 2. The number of aryl methyl sites for hydroxylation is 1. The van der Waals surface area contributed by atoms with E-state index in [0.29, 0.717) is 18.0 Å². The number of carbonyl (C=O) groups is 2. The van der Waals surface area contributed by atoms with Gasteiger partial charge in [0.25, 0.3) is 0 Å². The molecule has 0 aliphatic heterocycles. The Morgan fingerprint density at radius 2 is 1.82 bits per heavy atom. The SMILES string of the molecule is CCOc1ccccc1N(CCCC(=O)N(Cc1cccc(C)c1)[C@@H](C)C(=O)NC)S(C)(=O)=O. The number of sulfonamides is 1. The lowest BCUT2D eigenvalue weighted by atomic mass is 10.1. The Morgan fingerprint density at radius 3 is 2.44 bits per heavy atom. The number of hydrogen-bond donors (Lipinski definition) is 1. The molecular weight excluding hydrogens is 454 g/mol. The Bertz CT molecular complexity index is 1090. The predicted molar refractivity (Wildman–Crippen MR) is 134 cm³/mol. The van der Waals surface area contributed by atoms with Crippen molar-refractivity contribution < 1.29 is 22.7 Å². The zero-order chi connectivity index (χ0) is 25.3. The number of rotatable bonds is 12. The second-order valence-electron chi connectivity index (χ2n) is 8.14. The van der Waals surface area contributed by atoms with Gasteiger partial charge in [0.1, 0.15) is 11.8 Å². The van der Waals surface area contributed by atoms with Crippen molar-refractivity contribution >= 4 is 27.5 Å². The smallest absolute Gasteiger partial charge is 0.242 e. The Labute approximate surface area is 202 Å². The zero-order valence-electron chi connectivity index (χ0n) is 20.6. The van der Waals surface area contributed by atoms with Gasteiger partial charge in [-0.1, -0.05) is 42.0 Å². The van der Waals surface area contributed by atoms with Crippen molar-refractivity contribution in [2.75, 3.05) is 30.8 Å². The van der Waals surface area contributed by atoms with Crippen molar-refractivity contribution in [1.82, 2.24) is 10.2 Å². The number of carbonyl (C=O) groups excluding carboxylic acids is 2. The highest BCUT2D eigenvalue weighted by Crippen LogP contribution is 2.30. The minimum Gasteiger partial charge on any atom is -0.492 e. The molecule has 1 N–H and O–H groups in total. The average molecular weight is 490 g/mol. The van der Waals surface area contributed by atoms with Crippen LogP contribution in [0.15, 0.2) is 48.5 Å². The summed E-state index contributed by atoms with van der Waals surface area (Å²) in [6.45, 7) is 6.29. The van der Waals surface area contributed by atoms with Crippen LogP contribution in [0.1, 0.15) is 37.8 Å². The molecule has 1 atom stereocenters. The van der Waals surface area contributed by atoms with Crippen molar-refractivity contribution in [2.45, 2.75) is 46.2 Å². The van der Waals surface area contributed by atoms with E-state index in [1.807, 2.05) is 38.1 Å². The predicted octanol–water partition coefficient (Wildman–Crippen LogP) is 3.10. The maximum atomic E-state index is 13.2. The fourth-order valence-electron chi connectivity index (χ4n) is 3.72. The lowest BCUT2D eigenvalue weighted by Gasteiger charge is -2.29. The summed E-state index contributed by atoms with van der Waals surface area (Å²) in [7, 11) is -2.06. The lowest BCUT2D eigenvalue weighted by Crippen LogP contribution is -2.46. The number of amides is 2. The molecule has 0 aliphatic rings. The van der Waals surface area contributed by atoms with E-state index in [2.05, 4.69) is 5.32 Å². The van der Waals surface area contributed by atoms with Gasteiger partial charge in [-0.3, -0.25) is 13.9 Å². The van der Waals surface area contributed by atoms with Crippen LogP contribution in [0, 0.1) is 6.92 Å². The zero-order valence-corrected chi connectivity index (χ0v) is 21.4. The standard InChI is InChI=1S/C25H35N3O5S/c1-6-33-23-14-8-7-13-22(23)28(34(5,31)32)16-10-15-24(29)27(20(3)25(30)26-4)18-21-12-9-11-19(2)17-21/h7-9,11-14,17,20H,6,10,15-16,18H2,1-5H3,(H,26,30)/t20-/m0/s1. The molecule has 0 spiro atoms. The van der Waals surface area contributed by atoms with Crippen LogP contribution in [0.5, 0.6) is 5.75 Å². The van der Waals surface area contributed by atoms with Gasteiger partial charge in [0, 0.05) is 26.6 Å². The van der Waals surface area contributed by atoms with E-state index in [1.54, 1.807) is 31.2 Å². The third-order valence-electron chi connectivity index (χ3n) is 5.44. The number of para-hydroxylation sites is 2. The molecule has 0 unspecified atom stereocenters. The molecule has 34 heavy (non-hydrogen) atoms. The molecule has 0 aliphatic carbocycles. The minimum absolute atomic E-state index is 0.0932. The highest BCUT2D eigenvalue weighted by molar-refractivity contribution is 7.92. The van der Waals surface area contributed by atoms with Crippen LogP contribution in [0.2, 0.25) is 0 Å². The normalized spacial score (nSPS) is 12.0. The van der Waals surface area contributed by atoms with E-state index in [9.17, 15) is 18.0 Å². The summed E-state index contributed by atoms with van der Waals surface area (Å²) in [5.74, 6) is -0.00961. The number of nitrogens with one attached hydrogen (secondary N) is 1. The quantitative estimate of drug-likeness (QED) is 0.494. The van der Waals surface area contributed by atoms with Gasteiger partial charge in [0.15, 0.2) is 0 Å². The first-order valence-electron chi connectivity index (χ1n) is 11.3. The van der Waals surface area contributed by atoms with Gasteiger partial charge >= 0.3 is 0 Å². The van der Waals surface area contributed by atoms with Crippen LogP contribution in [0.4, 0.5) is 5.69 Å². The lowest BCUT2D eigenvalue weighted by molar-refractivity contribution is -0.140. The second kappa shape index (κ2) is 12.4. The van der Waals surface area contributed by atoms with Crippen molar-refractivity contribution in [1.29, 1.82) is 0 Å². The molecule has 0 fully saturated rings. The first-order chi connectivity index (χ1) is 16.1. The van der Waals surface area contributed by atoms with Gasteiger partial charge in [-0.25, -0.2) is 8.42 Å². The van der Waals surface area contributed by atoms with E-state index in [-0.39, 0.29) is 37.7 Å². The highest BCUT2D eigenvalue weighted by Gasteiger charge is 2.26. The molecule has 186 valence electrons. The first kappa shape index (κ1) is 27.2. The first-order valence-corrected chi connectivity index (χ1v) is 13.2. The molecule has 0 aromatic heterocycles. The Kier molecular flexibility index (Phi) is 9.92. The highest BCUT2D eigenvalue weighted by atomic mass is 32.2. The van der Waals surface area contributed by atoms with Crippen LogP contribution in [-0.4, -0.2) is 57.6 Å². The molecule has 9 heteroatoms. The molecule has 0 saturated heterocycles. The molecule has 0 bridgehead atoms. The van der Waals surface area contributed by atoms with E-state index >= 15 is 0 Å². The number of hydrogen-bond acceptors (Lipinski definition) is 5. The van der Waals surface area contributed by atoms with Gasteiger partial charge in [-0.15, -0.1) is 0 Å². The largest absolute Gasteiger partial charge is 0.492 e. The summed E-state index contributed by atoms with van der Waals surface area (Å²) in [6.07, 6.45) is 1.52. The van der Waals surface area contributed by atoms with Crippen LogP contribution in [0.25, 0.3) is 0 Å². The summed E-state index contributed by atoms with van der Waals surface area (Å²) in [6, 6.07) is 14.0. The van der Waals surface area contributed by atoms with Crippen LogP contribution < -0.4 is 14.4 Å². The van der Waals surface area contributed by atoms with Crippen LogP contribution in [0.3, 0.4) is 0 Å². The molecule has 0 saturated carbocycles. The van der Waals surface area contributed by atoms with E-state index in [0.717, 1.165) is 17.4 Å². The maximum Gasteiger partial charge on any atom is 0.242 e. The summed E-state index contributed by atoms with van der Waals surface area (Å²) in [4.78, 5) is 27.0. The maximum absolute atomic E-state index is 13.2. The van der Waals surface area contributed by atoms with Gasteiger partial charge < -0.3 is 15.0 Å². The summed E-state index contributed by atoms with van der Waals surface area (Å²) in [5.41, 5.74) is 2.43. The molecule has 2 aromatic rings. The molecule has 8 nitrogen and oxygen atoms in total. The Balaban J connectivity index is 2.18. The fraction of sp³-hybridized carbons (Fsp3) is 0.440. The molecular formula is C25H35N3O5S. The van der Waals surface area contributed by atoms with Crippen molar-refractivity contribution in [3.05, 3.63) is 59.7 Å². The molecule has 0 heterocycles. The topological polar surface area (TPSA) is 96.0 Å². The monoisotopic (exact) mass is 489 g/mol. The van der Waals surface area contributed by atoms with Crippen molar-refractivity contribution in [3.8, 4) is 5.75 Å². The molecule has 2 rings (SSSR count). The number of anilines is 1. The van der Waals surface area contributed by atoms with Crippen molar-refractivity contribution in [3.63, 3.8) is 0 Å². The fourth-order valence-corrected chi connectivity index (χ4v) is 4.69. The summed E-state index contributed by atoms with van der Waals surface area (Å²) < 4.78 is 31.9. The third kappa shape index (κ3) is 7.48. The second-order valence-corrected chi connectivity index (χ2v) is 10.0. The minimum atomic E-state index is -3.60. The average Bonchev–Trinajstić information content (AvgIpc) is 2.79. The van der Waals surface area contributed by atoms with Crippen molar-refractivity contribution in [2.24, 2.45) is 0 Å². The summed E-state index contributed by atoms with van der Waals surface area (Å²) in [5, 5.41) is 2.60. The van der Waals surface area contributed by atoms with Gasteiger partial charge in [-0.05, 0) is 44.9 Å². The number of nitrogens with zero attached hydrogens (tertiary/aromatic N) is 2. The van der Waals surface area contributed by atoms with E-state index < -0.39 is 16.1 Å². The number of likely N-dealkylation sites (N-methyl/N-ethyl adjacent to an activating group) is 1.